The Kier molecular flexibility index (Phi) is 4.06. The average Bonchev–Trinajstić information content (AvgIpc) is 2.43. The zero-order valence-electron chi connectivity index (χ0n) is 13.8. The highest BCUT2D eigenvalue weighted by atomic mass is 16.5. The smallest absolute Gasteiger partial charge is 0.194 e. The zero-order valence-corrected chi connectivity index (χ0v) is 13.8. The van der Waals surface area contributed by atoms with E-state index >= 15 is 0 Å². The molecule has 0 saturated carbocycles. The second-order valence-corrected chi connectivity index (χ2v) is 6.56. The van der Waals surface area contributed by atoms with Gasteiger partial charge in [-0.25, -0.2) is 0 Å². The predicted octanol–water partition coefficient (Wildman–Crippen LogP) is 2.75. The van der Waals surface area contributed by atoms with Gasteiger partial charge in [-0.1, -0.05) is 11.6 Å². The van der Waals surface area contributed by atoms with Crippen LogP contribution in [0.15, 0.2) is 23.0 Å². The lowest BCUT2D eigenvalue weighted by molar-refractivity contribution is -0.0706. The highest BCUT2D eigenvalue weighted by Gasteiger charge is 2.23. The van der Waals surface area contributed by atoms with Crippen LogP contribution in [-0.2, 0) is 11.3 Å². The Hall–Kier alpha value is -1.65. The molecule has 1 aliphatic rings. The van der Waals surface area contributed by atoms with E-state index in [9.17, 15) is 4.79 Å². The van der Waals surface area contributed by atoms with Crippen molar-refractivity contribution in [2.75, 3.05) is 13.1 Å². The number of hydrogen-bond acceptors (Lipinski definition) is 3. The number of aromatic amines is 1. The molecular weight excluding hydrogens is 276 g/mol. The summed E-state index contributed by atoms with van der Waals surface area (Å²) in [5, 5.41) is 0.787. The molecule has 1 fully saturated rings. The molecule has 1 aliphatic heterocycles. The Morgan fingerprint density at radius 2 is 1.91 bits per heavy atom. The first-order valence-corrected chi connectivity index (χ1v) is 7.94. The average molecular weight is 300 g/mol. The van der Waals surface area contributed by atoms with Crippen molar-refractivity contribution >= 4 is 10.9 Å². The van der Waals surface area contributed by atoms with E-state index in [-0.39, 0.29) is 17.6 Å². The summed E-state index contributed by atoms with van der Waals surface area (Å²) >= 11 is 0. The van der Waals surface area contributed by atoms with Crippen LogP contribution in [0.4, 0.5) is 0 Å². The molecule has 1 aromatic heterocycles. The molecule has 0 spiro atoms. The number of H-pyrrole nitrogens is 1. The predicted molar refractivity (Wildman–Crippen MR) is 89.3 cm³/mol. The van der Waals surface area contributed by atoms with Gasteiger partial charge < -0.3 is 9.72 Å². The second kappa shape index (κ2) is 5.86. The van der Waals surface area contributed by atoms with Crippen LogP contribution < -0.4 is 5.43 Å². The minimum Gasteiger partial charge on any atom is -0.373 e. The van der Waals surface area contributed by atoms with Gasteiger partial charge in [-0.2, -0.15) is 0 Å². The summed E-state index contributed by atoms with van der Waals surface area (Å²) in [5.74, 6) is 0. The van der Waals surface area contributed by atoms with Crippen molar-refractivity contribution in [3.63, 3.8) is 0 Å². The molecule has 2 heterocycles. The molecule has 2 atom stereocenters. The molecule has 1 aromatic carbocycles. The van der Waals surface area contributed by atoms with E-state index in [1.54, 1.807) is 0 Å². The number of fused-ring (bicyclic) bond motifs is 1. The molecular formula is C18H24N2O2. The van der Waals surface area contributed by atoms with Crippen LogP contribution in [-0.4, -0.2) is 35.2 Å². The molecule has 1 saturated heterocycles. The third-order valence-corrected chi connectivity index (χ3v) is 4.35. The standard InChI is InChI=1S/C18H24N2O2/c1-11-5-6-17-15(7-11)18(21)16(14(4)19-17)10-20-8-12(2)22-13(3)9-20/h5-7,12-13H,8-10H2,1-4H3,(H,19,21)/t12-,13-/m1/s1. The number of rotatable bonds is 2. The first-order chi connectivity index (χ1) is 10.4. The molecule has 0 bridgehead atoms. The van der Waals surface area contributed by atoms with Crippen LogP contribution in [0.1, 0.15) is 30.7 Å². The number of nitrogens with one attached hydrogen (secondary N) is 1. The van der Waals surface area contributed by atoms with Gasteiger partial charge in [-0.05, 0) is 39.8 Å². The van der Waals surface area contributed by atoms with E-state index in [1.165, 1.54) is 0 Å². The molecule has 0 amide bonds. The van der Waals surface area contributed by atoms with Crippen LogP contribution in [0.3, 0.4) is 0 Å². The molecule has 4 nitrogen and oxygen atoms in total. The summed E-state index contributed by atoms with van der Waals surface area (Å²) in [6.07, 6.45) is 0.427. The number of morpholine rings is 1. The van der Waals surface area contributed by atoms with Crippen molar-refractivity contribution in [1.82, 2.24) is 9.88 Å². The number of benzene rings is 1. The van der Waals surface area contributed by atoms with E-state index in [0.29, 0.717) is 6.54 Å². The number of ether oxygens (including phenoxy) is 1. The summed E-state index contributed by atoms with van der Waals surface area (Å²) < 4.78 is 5.77. The summed E-state index contributed by atoms with van der Waals surface area (Å²) in [4.78, 5) is 18.6. The Morgan fingerprint density at radius 3 is 2.59 bits per heavy atom. The number of nitrogens with zero attached hydrogens (tertiary/aromatic N) is 1. The number of pyridine rings is 1. The van der Waals surface area contributed by atoms with Gasteiger partial charge >= 0.3 is 0 Å². The van der Waals surface area contributed by atoms with E-state index in [4.69, 9.17) is 4.74 Å². The lowest BCUT2D eigenvalue weighted by Gasteiger charge is -2.35. The van der Waals surface area contributed by atoms with Crippen LogP contribution >= 0.6 is 0 Å². The second-order valence-electron chi connectivity index (χ2n) is 6.56. The molecule has 3 rings (SSSR count). The van der Waals surface area contributed by atoms with Gasteiger partial charge in [0.25, 0.3) is 0 Å². The number of aryl methyl sites for hydroxylation is 2. The fourth-order valence-electron chi connectivity index (χ4n) is 3.39. The SMILES string of the molecule is Cc1ccc2[nH]c(C)c(CN3C[C@@H](C)O[C@H](C)C3)c(=O)c2c1. The van der Waals surface area contributed by atoms with E-state index in [1.807, 2.05) is 32.0 Å². The maximum atomic E-state index is 12.9. The van der Waals surface area contributed by atoms with Gasteiger partial charge in [-0.15, -0.1) is 0 Å². The summed E-state index contributed by atoms with van der Waals surface area (Å²) in [5.41, 5.74) is 4.02. The fourth-order valence-corrected chi connectivity index (χ4v) is 3.39. The Morgan fingerprint density at radius 1 is 1.23 bits per heavy atom. The molecule has 0 aliphatic carbocycles. The van der Waals surface area contributed by atoms with Gasteiger partial charge in [0.05, 0.1) is 12.2 Å². The molecule has 0 radical (unpaired) electrons. The maximum absolute atomic E-state index is 12.9. The number of hydrogen-bond donors (Lipinski definition) is 1. The van der Waals surface area contributed by atoms with Crippen LogP contribution in [0.2, 0.25) is 0 Å². The highest BCUT2D eigenvalue weighted by Crippen LogP contribution is 2.17. The molecule has 4 heteroatoms. The largest absolute Gasteiger partial charge is 0.373 e. The Bertz CT molecular complexity index is 741. The summed E-state index contributed by atoms with van der Waals surface area (Å²) in [6.45, 7) is 10.6. The van der Waals surface area contributed by atoms with Gasteiger partial charge in [-0.3, -0.25) is 9.69 Å². The first-order valence-electron chi connectivity index (χ1n) is 7.94. The van der Waals surface area contributed by atoms with Crippen LogP contribution in [0, 0.1) is 13.8 Å². The fraction of sp³-hybridized carbons (Fsp3) is 0.500. The highest BCUT2D eigenvalue weighted by molar-refractivity contribution is 5.80. The molecule has 22 heavy (non-hydrogen) atoms. The van der Waals surface area contributed by atoms with Gasteiger partial charge in [0.2, 0.25) is 0 Å². The van der Waals surface area contributed by atoms with Crippen molar-refractivity contribution in [2.45, 2.75) is 46.4 Å². The Labute approximate surface area is 131 Å². The van der Waals surface area contributed by atoms with Crippen molar-refractivity contribution < 1.29 is 4.74 Å². The van der Waals surface area contributed by atoms with Crippen LogP contribution in [0.25, 0.3) is 10.9 Å². The molecule has 118 valence electrons. The molecule has 1 N–H and O–H groups in total. The minimum absolute atomic E-state index is 0.154. The van der Waals surface area contributed by atoms with Crippen molar-refractivity contribution in [1.29, 1.82) is 0 Å². The topological polar surface area (TPSA) is 45.3 Å². The van der Waals surface area contributed by atoms with Crippen molar-refractivity contribution in [3.8, 4) is 0 Å². The van der Waals surface area contributed by atoms with Crippen molar-refractivity contribution in [3.05, 3.63) is 45.2 Å². The lowest BCUT2D eigenvalue weighted by Crippen LogP contribution is -2.45. The summed E-state index contributed by atoms with van der Waals surface area (Å²) in [6, 6.07) is 5.99. The molecule has 2 aromatic rings. The van der Waals surface area contributed by atoms with Gasteiger partial charge in [0, 0.05) is 41.8 Å². The maximum Gasteiger partial charge on any atom is 0.194 e. The van der Waals surface area contributed by atoms with E-state index in [2.05, 4.69) is 23.7 Å². The number of aromatic nitrogens is 1. The third-order valence-electron chi connectivity index (χ3n) is 4.35. The quantitative estimate of drug-likeness (QED) is 0.927. The minimum atomic E-state index is 0.154. The van der Waals surface area contributed by atoms with Crippen molar-refractivity contribution in [2.24, 2.45) is 0 Å². The third kappa shape index (κ3) is 2.94. The molecule has 0 unspecified atom stereocenters. The normalized spacial score (nSPS) is 23.1. The first kappa shape index (κ1) is 15.3. The van der Waals surface area contributed by atoms with Gasteiger partial charge in [0.15, 0.2) is 5.43 Å². The van der Waals surface area contributed by atoms with E-state index in [0.717, 1.165) is 40.8 Å². The van der Waals surface area contributed by atoms with Gasteiger partial charge in [0.1, 0.15) is 0 Å². The monoisotopic (exact) mass is 300 g/mol. The zero-order chi connectivity index (χ0) is 15.9. The lowest BCUT2D eigenvalue weighted by atomic mass is 10.1. The Balaban J connectivity index is 1.98. The summed E-state index contributed by atoms with van der Waals surface area (Å²) in [7, 11) is 0. The van der Waals surface area contributed by atoms with E-state index < -0.39 is 0 Å². The van der Waals surface area contributed by atoms with Crippen LogP contribution in [0.5, 0.6) is 0 Å².